The van der Waals surface area contributed by atoms with E-state index in [4.69, 9.17) is 4.74 Å². The number of fused-ring (bicyclic) bond motifs is 1. The van der Waals surface area contributed by atoms with Gasteiger partial charge >= 0.3 is 0 Å². The molecule has 0 amide bonds. The van der Waals surface area contributed by atoms with Crippen LogP contribution < -0.4 is 4.74 Å². The maximum atomic E-state index is 5.23. The summed E-state index contributed by atoms with van der Waals surface area (Å²) < 4.78 is 7.56. The highest BCUT2D eigenvalue weighted by Gasteiger charge is 2.02. The average Bonchev–Trinajstić information content (AvgIpc) is 2.77. The molecule has 0 saturated carbocycles. The fourth-order valence-electron chi connectivity index (χ4n) is 1.98. The van der Waals surface area contributed by atoms with Crippen LogP contribution in [0.5, 0.6) is 5.75 Å². The van der Waals surface area contributed by atoms with Crippen molar-refractivity contribution in [2.75, 3.05) is 18.6 Å². The highest BCUT2D eigenvalue weighted by molar-refractivity contribution is 7.99. The summed E-state index contributed by atoms with van der Waals surface area (Å²) in [5, 5.41) is 1.26. The molecule has 0 spiro atoms. The minimum Gasteiger partial charge on any atom is -0.497 e. The van der Waals surface area contributed by atoms with Crippen molar-refractivity contribution < 1.29 is 4.74 Å². The zero-order valence-corrected chi connectivity index (χ0v) is 11.3. The van der Waals surface area contributed by atoms with E-state index in [2.05, 4.69) is 35.9 Å². The normalized spacial score (nSPS) is 10.9. The molecule has 0 N–H and O–H groups in total. The van der Waals surface area contributed by atoms with Crippen LogP contribution in [0.3, 0.4) is 0 Å². The fourth-order valence-corrected chi connectivity index (χ4v) is 2.60. The van der Waals surface area contributed by atoms with E-state index in [1.165, 1.54) is 28.8 Å². The number of rotatable bonds is 6. The van der Waals surface area contributed by atoms with Gasteiger partial charge in [0, 0.05) is 23.6 Å². The van der Waals surface area contributed by atoms with Crippen molar-refractivity contribution in [3.05, 3.63) is 30.5 Å². The van der Waals surface area contributed by atoms with Gasteiger partial charge in [0.05, 0.1) is 7.11 Å². The number of thioether (sulfide) groups is 1. The molecule has 0 aliphatic heterocycles. The van der Waals surface area contributed by atoms with Crippen molar-refractivity contribution in [3.63, 3.8) is 0 Å². The van der Waals surface area contributed by atoms with Gasteiger partial charge in [-0.15, -0.1) is 0 Å². The maximum Gasteiger partial charge on any atom is 0.119 e. The summed E-state index contributed by atoms with van der Waals surface area (Å²) in [6, 6.07) is 8.41. The second-order valence-corrected chi connectivity index (χ2v) is 5.38. The summed E-state index contributed by atoms with van der Waals surface area (Å²) >= 11 is 2.01. The van der Waals surface area contributed by atoms with E-state index in [1.54, 1.807) is 7.11 Å². The summed E-state index contributed by atoms with van der Waals surface area (Å²) in [6.45, 7) is 3.31. The van der Waals surface area contributed by atoms with Crippen LogP contribution in [0.1, 0.15) is 13.3 Å². The van der Waals surface area contributed by atoms with Gasteiger partial charge in [-0.05, 0) is 42.2 Å². The van der Waals surface area contributed by atoms with Crippen molar-refractivity contribution >= 4 is 22.7 Å². The molecule has 2 rings (SSSR count). The average molecular weight is 249 g/mol. The summed E-state index contributed by atoms with van der Waals surface area (Å²) in [4.78, 5) is 0. The third-order valence-electron chi connectivity index (χ3n) is 2.87. The van der Waals surface area contributed by atoms with Gasteiger partial charge in [-0.2, -0.15) is 11.8 Å². The zero-order valence-electron chi connectivity index (χ0n) is 10.5. The minimum absolute atomic E-state index is 0.928. The van der Waals surface area contributed by atoms with Crippen molar-refractivity contribution in [1.29, 1.82) is 0 Å². The molecule has 2 aromatic rings. The number of aromatic nitrogens is 1. The smallest absolute Gasteiger partial charge is 0.119 e. The predicted octanol–water partition coefficient (Wildman–Crippen LogP) is 3.79. The first-order valence-electron chi connectivity index (χ1n) is 6.05. The summed E-state index contributed by atoms with van der Waals surface area (Å²) in [5.41, 5.74) is 1.30. The first kappa shape index (κ1) is 12.4. The predicted molar refractivity (Wildman–Crippen MR) is 76.1 cm³/mol. The lowest BCUT2D eigenvalue weighted by molar-refractivity contribution is 0.415. The Labute approximate surface area is 107 Å². The SMILES string of the molecule is CCSCCCn1ccc2cc(OC)ccc21. The highest BCUT2D eigenvalue weighted by Crippen LogP contribution is 2.22. The molecule has 1 aromatic heterocycles. The van der Waals surface area contributed by atoms with Gasteiger partial charge in [0.15, 0.2) is 0 Å². The van der Waals surface area contributed by atoms with E-state index >= 15 is 0 Å². The van der Waals surface area contributed by atoms with Crippen molar-refractivity contribution in [3.8, 4) is 5.75 Å². The third kappa shape index (κ3) is 2.97. The number of nitrogens with zero attached hydrogens (tertiary/aromatic N) is 1. The molecule has 0 aliphatic carbocycles. The Hall–Kier alpha value is -1.09. The van der Waals surface area contributed by atoms with Crippen LogP contribution >= 0.6 is 11.8 Å². The molecule has 2 nitrogen and oxygen atoms in total. The molecule has 0 aliphatic rings. The van der Waals surface area contributed by atoms with Crippen molar-refractivity contribution in [1.82, 2.24) is 4.57 Å². The molecule has 17 heavy (non-hydrogen) atoms. The van der Waals surface area contributed by atoms with Gasteiger partial charge in [-0.25, -0.2) is 0 Å². The molecule has 3 heteroatoms. The molecule has 0 saturated heterocycles. The van der Waals surface area contributed by atoms with E-state index in [1.807, 2.05) is 17.8 Å². The Morgan fingerprint density at radius 3 is 2.94 bits per heavy atom. The fraction of sp³-hybridized carbons (Fsp3) is 0.429. The van der Waals surface area contributed by atoms with Gasteiger partial charge in [-0.3, -0.25) is 0 Å². The van der Waals surface area contributed by atoms with E-state index < -0.39 is 0 Å². The van der Waals surface area contributed by atoms with Crippen LogP contribution in [-0.2, 0) is 6.54 Å². The van der Waals surface area contributed by atoms with E-state index in [-0.39, 0.29) is 0 Å². The topological polar surface area (TPSA) is 14.2 Å². The van der Waals surface area contributed by atoms with Gasteiger partial charge in [0.2, 0.25) is 0 Å². The van der Waals surface area contributed by atoms with E-state index in [0.717, 1.165) is 12.3 Å². The van der Waals surface area contributed by atoms with Crippen LogP contribution in [0.2, 0.25) is 0 Å². The Bertz CT molecular complexity index is 478. The highest BCUT2D eigenvalue weighted by atomic mass is 32.2. The third-order valence-corrected chi connectivity index (χ3v) is 3.86. The van der Waals surface area contributed by atoms with Crippen LogP contribution in [0, 0.1) is 0 Å². The number of hydrogen-bond donors (Lipinski definition) is 0. The Morgan fingerprint density at radius 2 is 2.18 bits per heavy atom. The van der Waals surface area contributed by atoms with Crippen LogP contribution in [0.15, 0.2) is 30.5 Å². The summed E-state index contributed by atoms with van der Waals surface area (Å²) in [6.07, 6.45) is 3.40. The van der Waals surface area contributed by atoms with Crippen molar-refractivity contribution in [2.24, 2.45) is 0 Å². The molecule has 0 fully saturated rings. The van der Waals surface area contributed by atoms with E-state index in [0.29, 0.717) is 0 Å². The standard InChI is InChI=1S/C14H19NOS/c1-3-17-10-4-8-15-9-7-12-11-13(16-2)5-6-14(12)15/h5-7,9,11H,3-4,8,10H2,1-2H3. The number of aryl methyl sites for hydroxylation is 1. The first-order valence-corrected chi connectivity index (χ1v) is 7.21. The Kier molecular flexibility index (Phi) is 4.37. The number of ether oxygens (including phenoxy) is 1. The monoisotopic (exact) mass is 249 g/mol. The molecular weight excluding hydrogens is 230 g/mol. The first-order chi connectivity index (χ1) is 8.35. The van der Waals surface area contributed by atoms with E-state index in [9.17, 15) is 0 Å². The molecule has 0 bridgehead atoms. The van der Waals surface area contributed by atoms with Gasteiger partial charge in [0.25, 0.3) is 0 Å². The number of hydrogen-bond acceptors (Lipinski definition) is 2. The van der Waals surface area contributed by atoms with Gasteiger partial charge < -0.3 is 9.30 Å². The number of benzene rings is 1. The van der Waals surface area contributed by atoms with Gasteiger partial charge in [0.1, 0.15) is 5.75 Å². The van der Waals surface area contributed by atoms with Crippen LogP contribution in [0.4, 0.5) is 0 Å². The largest absolute Gasteiger partial charge is 0.497 e. The molecular formula is C14H19NOS. The Morgan fingerprint density at radius 1 is 1.29 bits per heavy atom. The summed E-state index contributed by atoms with van der Waals surface area (Å²) in [5.74, 6) is 3.38. The minimum atomic E-state index is 0.928. The molecule has 0 radical (unpaired) electrons. The zero-order chi connectivity index (χ0) is 12.1. The molecule has 0 unspecified atom stereocenters. The molecule has 0 atom stereocenters. The lowest BCUT2D eigenvalue weighted by Crippen LogP contribution is -1.97. The second-order valence-electron chi connectivity index (χ2n) is 3.98. The second kappa shape index (κ2) is 6.01. The number of methoxy groups -OCH3 is 1. The molecule has 1 aromatic carbocycles. The maximum absolute atomic E-state index is 5.23. The quantitative estimate of drug-likeness (QED) is 0.723. The lowest BCUT2D eigenvalue weighted by atomic mass is 10.2. The summed E-state index contributed by atoms with van der Waals surface area (Å²) in [7, 11) is 1.71. The van der Waals surface area contributed by atoms with Crippen molar-refractivity contribution in [2.45, 2.75) is 19.9 Å². The molecule has 92 valence electrons. The lowest BCUT2D eigenvalue weighted by Gasteiger charge is -2.05. The van der Waals surface area contributed by atoms with Crippen LogP contribution in [-0.4, -0.2) is 23.2 Å². The Balaban J connectivity index is 2.08. The molecule has 1 heterocycles. The van der Waals surface area contributed by atoms with Gasteiger partial charge in [-0.1, -0.05) is 6.92 Å². The van der Waals surface area contributed by atoms with Crippen LogP contribution in [0.25, 0.3) is 10.9 Å².